The number of carbonyl (C=O) groups is 2. The molecule has 1 heterocycles. The molecule has 2 amide bonds. The highest BCUT2D eigenvalue weighted by atomic mass is 127. The van der Waals surface area contributed by atoms with Crippen molar-refractivity contribution in [2.75, 3.05) is 6.61 Å². The molecule has 3 aromatic rings. The van der Waals surface area contributed by atoms with E-state index < -0.39 is 4.92 Å². The number of benzene rings is 3. The van der Waals surface area contributed by atoms with Crippen molar-refractivity contribution in [3.05, 3.63) is 102 Å². The molecule has 4 rings (SSSR count). The number of carbonyl (C=O) groups excluding carboxylic acids is 2. The maximum Gasteiger partial charge on any atom is 0.293 e. The minimum atomic E-state index is -0.448. The number of nitro benzene ring substituents is 1. The van der Waals surface area contributed by atoms with Gasteiger partial charge in [-0.25, -0.2) is 0 Å². The van der Waals surface area contributed by atoms with Gasteiger partial charge in [-0.3, -0.25) is 24.6 Å². The molecule has 0 saturated carbocycles. The monoisotopic (exact) mass is 616 g/mol. The van der Waals surface area contributed by atoms with Crippen molar-refractivity contribution in [3.63, 3.8) is 0 Å². The Balaban J connectivity index is 1.51. The lowest BCUT2D eigenvalue weighted by molar-refractivity contribution is -0.385. The molecule has 0 radical (unpaired) electrons. The van der Waals surface area contributed by atoms with Gasteiger partial charge in [-0.1, -0.05) is 30.3 Å². The fraction of sp³-hybridized carbons (Fsp3) is 0.154. The Labute approximate surface area is 225 Å². The van der Waals surface area contributed by atoms with Gasteiger partial charge in [0.1, 0.15) is 6.61 Å². The third-order valence-corrected chi connectivity index (χ3v) is 6.89. The number of amides is 2. The lowest BCUT2D eigenvalue weighted by Crippen LogP contribution is -2.27. The molecule has 0 unspecified atom stereocenters. The molecule has 8 nitrogen and oxygen atoms in total. The van der Waals surface area contributed by atoms with Crippen molar-refractivity contribution in [2.24, 2.45) is 0 Å². The Bertz CT molecular complexity index is 1340. The van der Waals surface area contributed by atoms with Crippen LogP contribution < -0.4 is 9.47 Å². The smallest absolute Gasteiger partial charge is 0.293 e. The molecule has 184 valence electrons. The molecule has 0 aromatic heterocycles. The van der Waals surface area contributed by atoms with E-state index in [0.29, 0.717) is 34.1 Å². The number of rotatable bonds is 9. The van der Waals surface area contributed by atoms with Crippen LogP contribution in [0.5, 0.6) is 11.5 Å². The molecule has 3 aromatic carbocycles. The number of nitro groups is 1. The van der Waals surface area contributed by atoms with Crippen molar-refractivity contribution in [1.82, 2.24) is 4.90 Å². The summed E-state index contributed by atoms with van der Waals surface area (Å²) in [5.41, 5.74) is 1.96. The molecule has 36 heavy (non-hydrogen) atoms. The fourth-order valence-corrected chi connectivity index (χ4v) is 4.73. The number of imide groups is 1. The van der Waals surface area contributed by atoms with Gasteiger partial charge in [0.25, 0.3) is 16.8 Å². The highest BCUT2D eigenvalue weighted by molar-refractivity contribution is 14.1. The fourth-order valence-electron chi connectivity index (χ4n) is 3.53. The van der Waals surface area contributed by atoms with Gasteiger partial charge in [0.2, 0.25) is 0 Å². The second-order valence-electron chi connectivity index (χ2n) is 7.71. The van der Waals surface area contributed by atoms with Gasteiger partial charge in [0.05, 0.1) is 28.5 Å². The molecule has 0 N–H and O–H groups in total. The van der Waals surface area contributed by atoms with Crippen molar-refractivity contribution in [3.8, 4) is 11.5 Å². The maximum absolute atomic E-state index is 12.9. The van der Waals surface area contributed by atoms with Crippen LogP contribution in [0.2, 0.25) is 0 Å². The van der Waals surface area contributed by atoms with Crippen molar-refractivity contribution >= 4 is 57.3 Å². The first-order chi connectivity index (χ1) is 17.4. The third-order valence-electron chi connectivity index (χ3n) is 5.26. The number of nitrogens with zero attached hydrogens (tertiary/aromatic N) is 2. The maximum atomic E-state index is 12.9. The summed E-state index contributed by atoms with van der Waals surface area (Å²) < 4.78 is 12.6. The lowest BCUT2D eigenvalue weighted by Gasteiger charge is -2.13. The van der Waals surface area contributed by atoms with Crippen LogP contribution in [0.25, 0.3) is 6.08 Å². The first-order valence-corrected chi connectivity index (χ1v) is 12.9. The number of ether oxygens (including phenoxy) is 2. The Hall–Kier alpha value is -3.38. The molecule has 0 bridgehead atoms. The van der Waals surface area contributed by atoms with E-state index in [2.05, 4.69) is 22.6 Å². The summed E-state index contributed by atoms with van der Waals surface area (Å²) in [6.07, 6.45) is 1.65. The molecular weight excluding hydrogens is 595 g/mol. The van der Waals surface area contributed by atoms with E-state index in [1.165, 1.54) is 11.0 Å². The van der Waals surface area contributed by atoms with Gasteiger partial charge in [0.15, 0.2) is 11.5 Å². The van der Waals surface area contributed by atoms with Crippen molar-refractivity contribution in [1.29, 1.82) is 0 Å². The van der Waals surface area contributed by atoms with Crippen LogP contribution >= 0.6 is 34.4 Å². The van der Waals surface area contributed by atoms with Crippen LogP contribution in [0.3, 0.4) is 0 Å². The summed E-state index contributed by atoms with van der Waals surface area (Å²) in [5.74, 6) is 0.500. The van der Waals surface area contributed by atoms with Gasteiger partial charge in [0, 0.05) is 9.64 Å². The zero-order valence-corrected chi connectivity index (χ0v) is 22.2. The topological polar surface area (TPSA) is 99.0 Å². The summed E-state index contributed by atoms with van der Waals surface area (Å²) in [6, 6.07) is 19.2. The zero-order chi connectivity index (χ0) is 25.7. The SMILES string of the molecule is CCOc1cc(/C=C2\SC(=O)N(Cc3ccc(I)cc3)C2=O)ccc1OCc1ccccc1[N+](=O)[O-]. The Kier molecular flexibility index (Phi) is 8.26. The largest absolute Gasteiger partial charge is 0.490 e. The first-order valence-electron chi connectivity index (χ1n) is 11.0. The number of para-hydroxylation sites is 1. The summed E-state index contributed by atoms with van der Waals surface area (Å²) in [5, 5.41) is 10.9. The number of halogens is 1. The normalized spacial score (nSPS) is 14.4. The van der Waals surface area contributed by atoms with Crippen LogP contribution in [-0.4, -0.2) is 27.6 Å². The number of thioether (sulfide) groups is 1. The summed E-state index contributed by atoms with van der Waals surface area (Å²) >= 11 is 3.10. The van der Waals surface area contributed by atoms with Crippen molar-refractivity contribution < 1.29 is 24.0 Å². The highest BCUT2D eigenvalue weighted by Crippen LogP contribution is 2.36. The van der Waals surface area contributed by atoms with E-state index in [9.17, 15) is 19.7 Å². The molecule has 0 atom stereocenters. The average molecular weight is 616 g/mol. The van der Waals surface area contributed by atoms with Crippen LogP contribution in [0.4, 0.5) is 10.5 Å². The molecule has 0 aliphatic carbocycles. The lowest BCUT2D eigenvalue weighted by atomic mass is 10.1. The van der Waals surface area contributed by atoms with Crippen LogP contribution in [-0.2, 0) is 17.9 Å². The number of hydrogen-bond donors (Lipinski definition) is 0. The number of hydrogen-bond acceptors (Lipinski definition) is 7. The quantitative estimate of drug-likeness (QED) is 0.119. The van der Waals surface area contributed by atoms with Crippen LogP contribution in [0, 0.1) is 13.7 Å². The van der Waals surface area contributed by atoms with Gasteiger partial charge < -0.3 is 9.47 Å². The van der Waals surface area contributed by atoms with E-state index in [4.69, 9.17) is 9.47 Å². The van der Waals surface area contributed by atoms with E-state index in [1.54, 1.807) is 42.5 Å². The van der Waals surface area contributed by atoms with E-state index >= 15 is 0 Å². The van der Waals surface area contributed by atoms with E-state index in [0.717, 1.165) is 20.9 Å². The van der Waals surface area contributed by atoms with E-state index in [-0.39, 0.29) is 30.0 Å². The minimum Gasteiger partial charge on any atom is -0.490 e. The van der Waals surface area contributed by atoms with Crippen LogP contribution in [0.1, 0.15) is 23.6 Å². The standard InChI is InChI=1S/C26H21IN2O6S/c1-2-34-23-13-18(9-12-22(23)35-16-19-5-3-4-6-21(19)29(32)33)14-24-25(30)28(26(31)36-24)15-17-7-10-20(27)11-8-17/h3-14H,2,15-16H2,1H3/b24-14-. The van der Waals surface area contributed by atoms with Crippen LogP contribution in [0.15, 0.2) is 71.6 Å². The molecule has 10 heteroatoms. The van der Waals surface area contributed by atoms with Gasteiger partial charge >= 0.3 is 0 Å². The zero-order valence-electron chi connectivity index (χ0n) is 19.2. The predicted octanol–water partition coefficient (Wildman–Crippen LogP) is 6.41. The molecule has 1 saturated heterocycles. The summed E-state index contributed by atoms with van der Waals surface area (Å²) in [4.78, 5) is 37.8. The Morgan fingerprint density at radius 1 is 1.03 bits per heavy atom. The Morgan fingerprint density at radius 3 is 2.50 bits per heavy atom. The predicted molar refractivity (Wildman–Crippen MR) is 146 cm³/mol. The molecule has 1 aliphatic rings. The molecule has 1 fully saturated rings. The van der Waals surface area contributed by atoms with Crippen molar-refractivity contribution in [2.45, 2.75) is 20.1 Å². The van der Waals surface area contributed by atoms with Gasteiger partial charge in [-0.05, 0) is 88.8 Å². The summed E-state index contributed by atoms with van der Waals surface area (Å²) in [7, 11) is 0. The second kappa shape index (κ2) is 11.6. The summed E-state index contributed by atoms with van der Waals surface area (Å²) in [6.45, 7) is 2.40. The third kappa shape index (κ3) is 6.05. The Morgan fingerprint density at radius 2 is 1.78 bits per heavy atom. The van der Waals surface area contributed by atoms with Gasteiger partial charge in [-0.2, -0.15) is 0 Å². The van der Waals surface area contributed by atoms with Gasteiger partial charge in [-0.15, -0.1) is 0 Å². The second-order valence-corrected chi connectivity index (χ2v) is 9.95. The molecule has 1 aliphatic heterocycles. The molecule has 0 spiro atoms. The minimum absolute atomic E-state index is 0.00595. The highest BCUT2D eigenvalue weighted by Gasteiger charge is 2.35. The van der Waals surface area contributed by atoms with E-state index in [1.807, 2.05) is 31.2 Å². The first kappa shape index (κ1) is 25.7. The molecular formula is C26H21IN2O6S. The average Bonchev–Trinajstić information content (AvgIpc) is 3.12.